The quantitative estimate of drug-likeness (QED) is 0.369. The van der Waals surface area contributed by atoms with Crippen LogP contribution >= 0.6 is 0 Å². The predicted molar refractivity (Wildman–Crippen MR) is 130 cm³/mol. The van der Waals surface area contributed by atoms with Gasteiger partial charge in [0, 0.05) is 22.7 Å². The number of carbonyl (C=O) groups is 1. The maximum atomic E-state index is 12.5. The van der Waals surface area contributed by atoms with Crippen LogP contribution < -0.4 is 5.32 Å². The summed E-state index contributed by atoms with van der Waals surface area (Å²) in [6.45, 7) is 5.63. The van der Waals surface area contributed by atoms with E-state index >= 15 is 0 Å². The Balaban J connectivity index is 1.50. The van der Waals surface area contributed by atoms with Crippen molar-refractivity contribution in [3.05, 3.63) is 78.6 Å². The van der Waals surface area contributed by atoms with E-state index in [4.69, 9.17) is 9.15 Å². The number of ether oxygens (including phenoxy) is 1. The number of amides is 1. The van der Waals surface area contributed by atoms with Crippen molar-refractivity contribution in [2.24, 2.45) is 0 Å². The third-order valence-corrected chi connectivity index (χ3v) is 6.20. The fourth-order valence-corrected chi connectivity index (χ4v) is 4.50. The maximum Gasteiger partial charge on any atom is 0.408 e. The molecule has 0 saturated heterocycles. The first-order valence-electron chi connectivity index (χ1n) is 11.4. The monoisotopic (exact) mass is 440 g/mol. The predicted octanol–water partition coefficient (Wildman–Crippen LogP) is 7.07. The van der Waals surface area contributed by atoms with Crippen molar-refractivity contribution < 1.29 is 13.9 Å². The zero-order valence-corrected chi connectivity index (χ0v) is 19.2. The molecule has 4 aromatic rings. The Morgan fingerprint density at radius 2 is 1.73 bits per heavy atom. The Morgan fingerprint density at radius 3 is 2.36 bits per heavy atom. The van der Waals surface area contributed by atoms with Crippen molar-refractivity contribution in [1.29, 1.82) is 0 Å². The Morgan fingerprint density at radius 1 is 1.00 bits per heavy atom. The minimum absolute atomic E-state index is 0.373. The first-order chi connectivity index (χ1) is 15.8. The van der Waals surface area contributed by atoms with E-state index in [-0.39, 0.29) is 11.6 Å². The van der Waals surface area contributed by atoms with E-state index < -0.39 is 5.60 Å². The van der Waals surface area contributed by atoms with E-state index in [0.29, 0.717) is 0 Å². The van der Waals surface area contributed by atoms with Crippen molar-refractivity contribution in [2.75, 3.05) is 0 Å². The molecular formula is C28H28N2O3. The SMILES string of the molecule is CC(C)(C)OC(=O)NC1(c2ccc(-c3oc4cnccc4c3-c3ccccc3)cc2)CCC1. The molecule has 0 spiro atoms. The number of hydrogen-bond acceptors (Lipinski definition) is 4. The molecule has 2 heterocycles. The molecule has 5 rings (SSSR count). The first-order valence-corrected chi connectivity index (χ1v) is 11.4. The van der Waals surface area contributed by atoms with E-state index in [1.807, 2.05) is 45.0 Å². The molecule has 1 amide bonds. The molecule has 1 fully saturated rings. The molecule has 1 saturated carbocycles. The van der Waals surface area contributed by atoms with Gasteiger partial charge in [-0.2, -0.15) is 0 Å². The van der Waals surface area contributed by atoms with Gasteiger partial charge in [-0.05, 0) is 57.2 Å². The van der Waals surface area contributed by atoms with Crippen LogP contribution in [-0.2, 0) is 10.3 Å². The molecule has 33 heavy (non-hydrogen) atoms. The van der Waals surface area contributed by atoms with E-state index in [1.54, 1.807) is 12.4 Å². The second-order valence-electron chi connectivity index (χ2n) is 9.68. The number of furan rings is 1. The van der Waals surface area contributed by atoms with Crippen molar-refractivity contribution in [3.8, 4) is 22.5 Å². The van der Waals surface area contributed by atoms with Gasteiger partial charge in [0.1, 0.15) is 11.4 Å². The molecule has 5 heteroatoms. The van der Waals surface area contributed by atoms with Crippen LogP contribution in [0.4, 0.5) is 4.79 Å². The lowest BCUT2D eigenvalue weighted by Gasteiger charge is -2.43. The molecule has 1 aliphatic carbocycles. The lowest BCUT2D eigenvalue weighted by Crippen LogP contribution is -2.52. The summed E-state index contributed by atoms with van der Waals surface area (Å²) in [5, 5.41) is 4.17. The normalized spacial score (nSPS) is 15.1. The van der Waals surface area contributed by atoms with Crippen LogP contribution in [0, 0.1) is 0 Å². The molecule has 1 aliphatic rings. The summed E-state index contributed by atoms with van der Waals surface area (Å²) < 4.78 is 11.8. The maximum absolute atomic E-state index is 12.5. The zero-order valence-electron chi connectivity index (χ0n) is 19.2. The van der Waals surface area contributed by atoms with E-state index in [1.165, 1.54) is 0 Å². The Labute approximate surface area is 193 Å². The highest BCUT2D eigenvalue weighted by Crippen LogP contribution is 2.44. The van der Waals surface area contributed by atoms with Gasteiger partial charge in [-0.3, -0.25) is 4.98 Å². The van der Waals surface area contributed by atoms with Gasteiger partial charge < -0.3 is 14.5 Å². The van der Waals surface area contributed by atoms with Crippen LogP contribution in [0.5, 0.6) is 0 Å². The summed E-state index contributed by atoms with van der Waals surface area (Å²) in [7, 11) is 0. The average molecular weight is 441 g/mol. The van der Waals surface area contributed by atoms with Crippen LogP contribution in [0.3, 0.4) is 0 Å². The second kappa shape index (κ2) is 8.07. The lowest BCUT2D eigenvalue weighted by molar-refractivity contribution is 0.0377. The highest BCUT2D eigenvalue weighted by atomic mass is 16.6. The Hall–Kier alpha value is -3.60. The van der Waals surface area contributed by atoms with E-state index in [9.17, 15) is 4.79 Å². The van der Waals surface area contributed by atoms with Crippen LogP contribution in [0.2, 0.25) is 0 Å². The van der Waals surface area contributed by atoms with E-state index in [2.05, 4.69) is 46.7 Å². The molecular weight excluding hydrogens is 412 g/mol. The van der Waals surface area contributed by atoms with Crippen molar-refractivity contribution in [3.63, 3.8) is 0 Å². The molecule has 0 bridgehead atoms. The first kappa shape index (κ1) is 21.3. The number of hydrogen-bond donors (Lipinski definition) is 1. The number of rotatable bonds is 4. The van der Waals surface area contributed by atoms with Gasteiger partial charge in [0.05, 0.1) is 11.7 Å². The number of benzene rings is 2. The number of nitrogens with zero attached hydrogens (tertiary/aromatic N) is 1. The topological polar surface area (TPSA) is 64.4 Å². The lowest BCUT2D eigenvalue weighted by atomic mass is 9.71. The average Bonchev–Trinajstić information content (AvgIpc) is 3.15. The van der Waals surface area contributed by atoms with Crippen LogP contribution in [-0.4, -0.2) is 16.7 Å². The van der Waals surface area contributed by atoms with Gasteiger partial charge in [-0.1, -0.05) is 54.6 Å². The second-order valence-corrected chi connectivity index (χ2v) is 9.68. The van der Waals surface area contributed by atoms with Gasteiger partial charge in [0.2, 0.25) is 0 Å². The van der Waals surface area contributed by atoms with Gasteiger partial charge in [0.25, 0.3) is 0 Å². The van der Waals surface area contributed by atoms with Gasteiger partial charge in [0.15, 0.2) is 5.58 Å². The molecule has 2 aromatic carbocycles. The molecule has 5 nitrogen and oxygen atoms in total. The third-order valence-electron chi connectivity index (χ3n) is 6.20. The minimum atomic E-state index is -0.525. The summed E-state index contributed by atoms with van der Waals surface area (Å²) >= 11 is 0. The van der Waals surface area contributed by atoms with Crippen molar-refractivity contribution in [2.45, 2.75) is 51.2 Å². The molecule has 0 atom stereocenters. The standard InChI is InChI=1S/C28H28N2O3/c1-27(2,3)33-26(31)30-28(15-7-16-28)21-12-10-20(11-13-21)25-24(19-8-5-4-6-9-19)22-14-17-29-18-23(22)32-25/h4-6,8-14,17-18H,7,15-16H2,1-3H3,(H,30,31). The summed E-state index contributed by atoms with van der Waals surface area (Å²) in [4.78, 5) is 16.7. The van der Waals surface area contributed by atoms with Crippen LogP contribution in [0.25, 0.3) is 33.4 Å². The number of nitrogens with one attached hydrogen (secondary N) is 1. The molecule has 0 aliphatic heterocycles. The van der Waals surface area contributed by atoms with Gasteiger partial charge in [-0.25, -0.2) is 4.79 Å². The number of fused-ring (bicyclic) bond motifs is 1. The summed E-state index contributed by atoms with van der Waals surface area (Å²) in [6.07, 6.45) is 6.05. The highest BCUT2D eigenvalue weighted by Gasteiger charge is 2.41. The molecule has 0 unspecified atom stereocenters. The molecule has 0 radical (unpaired) electrons. The van der Waals surface area contributed by atoms with Crippen LogP contribution in [0.1, 0.15) is 45.6 Å². The van der Waals surface area contributed by atoms with E-state index in [0.717, 1.165) is 58.2 Å². The van der Waals surface area contributed by atoms with Gasteiger partial charge >= 0.3 is 6.09 Å². The number of aromatic nitrogens is 1. The molecule has 1 N–H and O–H groups in total. The number of pyridine rings is 1. The summed E-state index contributed by atoms with van der Waals surface area (Å²) in [5.41, 5.74) is 4.10. The smallest absolute Gasteiger partial charge is 0.408 e. The van der Waals surface area contributed by atoms with Crippen molar-refractivity contribution >= 4 is 17.1 Å². The van der Waals surface area contributed by atoms with Crippen LogP contribution in [0.15, 0.2) is 77.5 Å². The van der Waals surface area contributed by atoms with Crippen molar-refractivity contribution in [1.82, 2.24) is 10.3 Å². The fraction of sp³-hybridized carbons (Fsp3) is 0.286. The summed E-state index contributed by atoms with van der Waals surface area (Å²) in [6, 6.07) is 20.6. The zero-order chi connectivity index (χ0) is 23.1. The minimum Gasteiger partial charge on any atom is -0.454 e. The molecule has 2 aromatic heterocycles. The van der Waals surface area contributed by atoms with Gasteiger partial charge in [-0.15, -0.1) is 0 Å². The number of carbonyl (C=O) groups excluding carboxylic acids is 1. The third kappa shape index (κ3) is 4.11. The largest absolute Gasteiger partial charge is 0.454 e. The number of alkyl carbamates (subject to hydrolysis) is 1. The fourth-order valence-electron chi connectivity index (χ4n) is 4.50. The molecule has 168 valence electrons. The highest BCUT2D eigenvalue weighted by molar-refractivity contribution is 6.01. The Kier molecular flexibility index (Phi) is 5.20. The summed E-state index contributed by atoms with van der Waals surface area (Å²) in [5.74, 6) is 0.818. The Bertz CT molecular complexity index is 1280.